The van der Waals surface area contributed by atoms with Crippen LogP contribution in [0.25, 0.3) is 10.9 Å². The summed E-state index contributed by atoms with van der Waals surface area (Å²) in [4.78, 5) is 0.292. The highest BCUT2D eigenvalue weighted by Gasteiger charge is 2.12. The Balaban J connectivity index is 1.60. The van der Waals surface area contributed by atoms with Crippen LogP contribution < -0.4 is 4.72 Å². The average molecular weight is 329 g/mol. The smallest absolute Gasteiger partial charge is 0.240 e. The molecule has 23 heavy (non-hydrogen) atoms. The predicted molar refractivity (Wildman–Crippen MR) is 90.7 cm³/mol. The summed E-state index contributed by atoms with van der Waals surface area (Å²) in [6, 6.07) is 14.5. The first-order valence-electron chi connectivity index (χ1n) is 7.54. The monoisotopic (exact) mass is 329 g/mol. The number of fused-ring (bicyclic) bond motifs is 1. The van der Waals surface area contributed by atoms with Crippen molar-refractivity contribution >= 4 is 20.9 Å². The number of rotatable bonds is 6. The van der Waals surface area contributed by atoms with Gasteiger partial charge in [-0.25, -0.2) is 13.1 Å². The third-order valence-electron chi connectivity index (χ3n) is 3.80. The van der Waals surface area contributed by atoms with Gasteiger partial charge in [-0.15, -0.1) is 0 Å². The van der Waals surface area contributed by atoms with Crippen molar-refractivity contribution in [2.45, 2.75) is 24.8 Å². The van der Waals surface area contributed by atoms with E-state index in [1.54, 1.807) is 30.3 Å². The maximum atomic E-state index is 12.1. The molecule has 120 valence electrons. The van der Waals surface area contributed by atoms with Gasteiger partial charge in [-0.3, -0.25) is 4.68 Å². The molecule has 1 N–H and O–H groups in total. The van der Waals surface area contributed by atoms with Gasteiger partial charge in [-0.2, -0.15) is 5.10 Å². The Morgan fingerprint density at radius 2 is 1.87 bits per heavy atom. The van der Waals surface area contributed by atoms with E-state index in [4.69, 9.17) is 0 Å². The van der Waals surface area contributed by atoms with Crippen LogP contribution in [0, 0.1) is 6.92 Å². The number of hydrogen-bond donors (Lipinski definition) is 1. The summed E-state index contributed by atoms with van der Waals surface area (Å²) in [5.41, 5.74) is 2.27. The van der Waals surface area contributed by atoms with Crippen LogP contribution in [-0.4, -0.2) is 24.7 Å². The first-order chi connectivity index (χ1) is 11.1. The Morgan fingerprint density at radius 3 is 2.65 bits per heavy atom. The van der Waals surface area contributed by atoms with Crippen molar-refractivity contribution in [3.63, 3.8) is 0 Å². The van der Waals surface area contributed by atoms with Crippen molar-refractivity contribution in [2.75, 3.05) is 6.54 Å². The van der Waals surface area contributed by atoms with Gasteiger partial charge in [0.05, 0.1) is 16.6 Å². The highest BCUT2D eigenvalue weighted by molar-refractivity contribution is 7.89. The van der Waals surface area contributed by atoms with Gasteiger partial charge >= 0.3 is 0 Å². The molecule has 0 aliphatic rings. The lowest BCUT2D eigenvalue weighted by Gasteiger charge is -2.07. The zero-order chi connectivity index (χ0) is 16.3. The number of aromatic nitrogens is 2. The van der Waals surface area contributed by atoms with E-state index < -0.39 is 10.0 Å². The van der Waals surface area contributed by atoms with E-state index in [1.807, 2.05) is 23.0 Å². The summed E-state index contributed by atoms with van der Waals surface area (Å²) in [7, 11) is -3.43. The second-order valence-corrected chi connectivity index (χ2v) is 7.21. The van der Waals surface area contributed by atoms with E-state index in [1.165, 1.54) is 5.56 Å². The molecule has 3 rings (SSSR count). The summed E-state index contributed by atoms with van der Waals surface area (Å²) in [5, 5.41) is 5.52. The van der Waals surface area contributed by atoms with Crippen molar-refractivity contribution in [2.24, 2.45) is 0 Å². The first-order valence-corrected chi connectivity index (χ1v) is 9.02. The highest BCUT2D eigenvalue weighted by atomic mass is 32.2. The van der Waals surface area contributed by atoms with Gasteiger partial charge in [0.2, 0.25) is 10.0 Å². The summed E-state index contributed by atoms with van der Waals surface area (Å²) in [6.45, 7) is 3.11. The molecule has 3 aromatic rings. The molecule has 1 aromatic heterocycles. The zero-order valence-electron chi connectivity index (χ0n) is 12.9. The topological polar surface area (TPSA) is 64.0 Å². The van der Waals surface area contributed by atoms with Gasteiger partial charge in [0, 0.05) is 18.5 Å². The molecule has 0 spiro atoms. The van der Waals surface area contributed by atoms with E-state index >= 15 is 0 Å². The van der Waals surface area contributed by atoms with Crippen molar-refractivity contribution in [1.29, 1.82) is 0 Å². The Hall–Kier alpha value is -2.18. The fourth-order valence-corrected chi connectivity index (χ4v) is 3.64. The van der Waals surface area contributed by atoms with Crippen LogP contribution in [0.4, 0.5) is 0 Å². The molecular formula is C17H19N3O2S. The molecule has 0 unspecified atom stereocenters. The zero-order valence-corrected chi connectivity index (χ0v) is 13.8. The number of benzene rings is 2. The molecular weight excluding hydrogens is 310 g/mol. The maximum absolute atomic E-state index is 12.1. The maximum Gasteiger partial charge on any atom is 0.240 e. The quantitative estimate of drug-likeness (QED) is 0.707. The Bertz CT molecular complexity index is 902. The molecule has 1 heterocycles. The lowest BCUT2D eigenvalue weighted by molar-refractivity contribution is 0.560. The van der Waals surface area contributed by atoms with E-state index in [2.05, 4.69) is 22.8 Å². The fraction of sp³-hybridized carbons (Fsp3) is 0.235. The van der Waals surface area contributed by atoms with E-state index in [-0.39, 0.29) is 0 Å². The van der Waals surface area contributed by atoms with Crippen LogP contribution in [0.1, 0.15) is 12.0 Å². The Kier molecular flexibility index (Phi) is 4.45. The van der Waals surface area contributed by atoms with Gasteiger partial charge in [-0.05, 0) is 37.1 Å². The van der Waals surface area contributed by atoms with Gasteiger partial charge in [0.25, 0.3) is 0 Å². The lowest BCUT2D eigenvalue weighted by Crippen LogP contribution is -2.25. The number of nitrogens with one attached hydrogen (secondary N) is 1. The molecule has 0 radical (unpaired) electrons. The van der Waals surface area contributed by atoms with Crippen LogP contribution in [-0.2, 0) is 16.6 Å². The van der Waals surface area contributed by atoms with Crippen LogP contribution in [0.15, 0.2) is 59.6 Å². The Morgan fingerprint density at radius 1 is 1.09 bits per heavy atom. The van der Waals surface area contributed by atoms with Gasteiger partial charge in [0.15, 0.2) is 0 Å². The summed E-state index contributed by atoms with van der Waals surface area (Å²) in [6.07, 6.45) is 2.54. The number of nitrogens with zero attached hydrogens (tertiary/aromatic N) is 2. The molecule has 0 aliphatic heterocycles. The summed E-state index contributed by atoms with van der Waals surface area (Å²) < 4.78 is 28.8. The van der Waals surface area contributed by atoms with E-state index in [0.29, 0.717) is 24.4 Å². The second kappa shape index (κ2) is 6.52. The average Bonchev–Trinajstić information content (AvgIpc) is 2.97. The molecule has 0 bridgehead atoms. The standard InChI is InChI=1S/C17H19N3O2S/c1-14-7-5-10-17-16(14)13-18-20(17)12-6-11-19-23(21,22)15-8-3-2-4-9-15/h2-5,7-10,13,19H,6,11-12H2,1H3. The lowest BCUT2D eigenvalue weighted by atomic mass is 10.1. The van der Waals surface area contributed by atoms with Crippen LogP contribution >= 0.6 is 0 Å². The predicted octanol–water partition coefficient (Wildman–Crippen LogP) is 2.71. The van der Waals surface area contributed by atoms with Crippen LogP contribution in [0.2, 0.25) is 0 Å². The minimum atomic E-state index is -3.43. The third kappa shape index (κ3) is 3.43. The summed E-state index contributed by atoms with van der Waals surface area (Å²) in [5.74, 6) is 0. The molecule has 0 saturated carbocycles. The summed E-state index contributed by atoms with van der Waals surface area (Å²) >= 11 is 0. The molecule has 0 aliphatic carbocycles. The number of hydrogen-bond acceptors (Lipinski definition) is 3. The second-order valence-electron chi connectivity index (χ2n) is 5.44. The fourth-order valence-electron chi connectivity index (χ4n) is 2.54. The van der Waals surface area contributed by atoms with Crippen molar-refractivity contribution in [1.82, 2.24) is 14.5 Å². The normalized spacial score (nSPS) is 11.9. The molecule has 6 heteroatoms. The van der Waals surface area contributed by atoms with Crippen molar-refractivity contribution < 1.29 is 8.42 Å². The first kappa shape index (κ1) is 15.7. The van der Waals surface area contributed by atoms with Gasteiger partial charge < -0.3 is 0 Å². The minimum Gasteiger partial charge on any atom is -0.265 e. The molecule has 0 atom stereocenters. The highest BCUT2D eigenvalue weighted by Crippen LogP contribution is 2.17. The number of aryl methyl sites for hydroxylation is 2. The SMILES string of the molecule is Cc1cccc2c1cnn2CCCNS(=O)(=O)c1ccccc1. The molecule has 2 aromatic carbocycles. The van der Waals surface area contributed by atoms with Crippen molar-refractivity contribution in [3.05, 3.63) is 60.3 Å². The minimum absolute atomic E-state index is 0.292. The van der Waals surface area contributed by atoms with E-state index in [9.17, 15) is 8.42 Å². The number of sulfonamides is 1. The molecule has 0 amide bonds. The van der Waals surface area contributed by atoms with Gasteiger partial charge in [-0.1, -0.05) is 30.3 Å². The van der Waals surface area contributed by atoms with E-state index in [0.717, 1.165) is 10.9 Å². The van der Waals surface area contributed by atoms with Crippen LogP contribution in [0.5, 0.6) is 0 Å². The molecule has 0 saturated heterocycles. The Labute approximate surface area is 136 Å². The van der Waals surface area contributed by atoms with Gasteiger partial charge in [0.1, 0.15) is 0 Å². The molecule has 5 nitrogen and oxygen atoms in total. The molecule has 0 fully saturated rings. The largest absolute Gasteiger partial charge is 0.265 e. The van der Waals surface area contributed by atoms with Crippen LogP contribution in [0.3, 0.4) is 0 Å². The van der Waals surface area contributed by atoms with Crippen molar-refractivity contribution in [3.8, 4) is 0 Å². The third-order valence-corrected chi connectivity index (χ3v) is 5.27.